The van der Waals surface area contributed by atoms with Crippen LogP contribution in [0.1, 0.15) is 37.7 Å². The second kappa shape index (κ2) is 10.5. The van der Waals surface area contributed by atoms with E-state index in [1.54, 1.807) is 0 Å². The van der Waals surface area contributed by atoms with Gasteiger partial charge in [-0.05, 0) is 43.9 Å². The summed E-state index contributed by atoms with van der Waals surface area (Å²) in [5, 5.41) is 21.2. The van der Waals surface area contributed by atoms with E-state index >= 15 is 4.39 Å². The standard InChI is InChI=1S/C31H28ClF3N6O3S/c32-23-21(15-4-5-17(34)27-20(15)16(10-36)28(37)45-27)24(35)25-22-26(23)43-12-18-19(42)3-1-8-41(18)29(22)39-30(38-25)44-13-31-6-2-7-40(31)11-14(33)9-31/h4-5,14,18-19,42H,1-3,6-9,11-13,37H2/t14-,18?,19?,31+/m1/s1. The van der Waals surface area contributed by atoms with Crippen LogP contribution in [0, 0.1) is 23.0 Å². The van der Waals surface area contributed by atoms with Crippen LogP contribution in [0.25, 0.3) is 32.1 Å². The zero-order valence-electron chi connectivity index (χ0n) is 24.0. The summed E-state index contributed by atoms with van der Waals surface area (Å²) in [6, 6.07) is 3.96. The monoisotopic (exact) mass is 656 g/mol. The predicted octanol–water partition coefficient (Wildman–Crippen LogP) is 5.57. The molecule has 0 aliphatic carbocycles. The number of benzene rings is 2. The summed E-state index contributed by atoms with van der Waals surface area (Å²) in [5.41, 5.74) is 5.48. The lowest BCUT2D eigenvalue weighted by Crippen LogP contribution is -2.51. The quantitative estimate of drug-likeness (QED) is 0.290. The number of rotatable bonds is 4. The number of alkyl halides is 1. The van der Waals surface area contributed by atoms with Crippen molar-refractivity contribution in [2.45, 2.75) is 56.0 Å². The van der Waals surface area contributed by atoms with Crippen LogP contribution in [0.5, 0.6) is 11.8 Å². The summed E-state index contributed by atoms with van der Waals surface area (Å²) < 4.78 is 58.9. The van der Waals surface area contributed by atoms with Gasteiger partial charge >= 0.3 is 6.01 Å². The average Bonchev–Trinajstić information content (AvgIpc) is 3.62. The highest BCUT2D eigenvalue weighted by Gasteiger charge is 2.49. The highest BCUT2D eigenvalue weighted by atomic mass is 35.5. The highest BCUT2D eigenvalue weighted by Crippen LogP contribution is 2.51. The second-order valence-electron chi connectivity index (χ2n) is 12.3. The Labute approximate surface area is 264 Å². The molecule has 4 aromatic rings. The molecule has 3 N–H and O–H groups in total. The van der Waals surface area contributed by atoms with Crippen LogP contribution in [-0.2, 0) is 0 Å². The topological polar surface area (TPSA) is 121 Å². The van der Waals surface area contributed by atoms with E-state index in [-0.39, 0.29) is 72.7 Å². The van der Waals surface area contributed by atoms with Crippen molar-refractivity contribution in [2.24, 2.45) is 0 Å². The molecule has 4 atom stereocenters. The SMILES string of the molecule is N#Cc1c(N)sc2c(F)ccc(-c3c(Cl)c4c5c(nc(OC[C@@]67CCCN6C[C@H](F)C7)nc5c3F)N3CCCC(O)C3CO4)c12. The number of fused-ring (bicyclic) bond motifs is 4. The molecule has 0 radical (unpaired) electrons. The third-order valence-corrected chi connectivity index (χ3v) is 11.2. The molecule has 0 spiro atoms. The molecule has 9 nitrogen and oxygen atoms in total. The predicted molar refractivity (Wildman–Crippen MR) is 165 cm³/mol. The van der Waals surface area contributed by atoms with Gasteiger partial charge in [0.2, 0.25) is 0 Å². The van der Waals surface area contributed by atoms with Gasteiger partial charge in [-0.15, -0.1) is 11.3 Å². The Morgan fingerprint density at radius 1 is 1.24 bits per heavy atom. The number of aromatic nitrogens is 2. The molecule has 0 amide bonds. The first-order valence-electron chi connectivity index (χ1n) is 14.9. The van der Waals surface area contributed by atoms with Crippen LogP contribution >= 0.6 is 22.9 Å². The van der Waals surface area contributed by atoms with E-state index < -0.39 is 35.5 Å². The van der Waals surface area contributed by atoms with Crippen molar-refractivity contribution in [2.75, 3.05) is 43.5 Å². The molecular formula is C31H28ClF3N6O3S. The van der Waals surface area contributed by atoms with Gasteiger partial charge < -0.3 is 25.2 Å². The van der Waals surface area contributed by atoms with E-state index in [0.717, 1.165) is 30.7 Å². The van der Waals surface area contributed by atoms with Crippen molar-refractivity contribution in [3.63, 3.8) is 0 Å². The number of aliphatic hydroxyl groups excluding tert-OH is 1. The van der Waals surface area contributed by atoms with Crippen LogP contribution in [0.15, 0.2) is 12.1 Å². The molecule has 234 valence electrons. The van der Waals surface area contributed by atoms with Crippen molar-refractivity contribution in [3.8, 4) is 29.0 Å². The number of thiophene rings is 1. The summed E-state index contributed by atoms with van der Waals surface area (Å²) in [5.74, 6) is -1.01. The highest BCUT2D eigenvalue weighted by molar-refractivity contribution is 7.23. The minimum Gasteiger partial charge on any atom is -0.489 e. The van der Waals surface area contributed by atoms with E-state index in [4.69, 9.17) is 31.8 Å². The minimum absolute atomic E-state index is 0.0163. The molecule has 4 aliphatic rings. The summed E-state index contributed by atoms with van der Waals surface area (Å²) in [7, 11) is 0. The number of halogens is 4. The first-order chi connectivity index (χ1) is 21.7. The lowest BCUT2D eigenvalue weighted by Gasteiger charge is -2.38. The van der Waals surface area contributed by atoms with Gasteiger partial charge in [0.1, 0.15) is 47.6 Å². The van der Waals surface area contributed by atoms with Crippen LogP contribution in [0.2, 0.25) is 5.02 Å². The molecule has 2 unspecified atom stereocenters. The minimum atomic E-state index is -0.953. The van der Waals surface area contributed by atoms with Gasteiger partial charge in [0.05, 0.1) is 38.4 Å². The Morgan fingerprint density at radius 3 is 2.91 bits per heavy atom. The molecule has 3 fully saturated rings. The van der Waals surface area contributed by atoms with Crippen LogP contribution in [-0.4, -0.2) is 76.7 Å². The van der Waals surface area contributed by atoms with Crippen LogP contribution < -0.4 is 20.1 Å². The second-order valence-corrected chi connectivity index (χ2v) is 13.7. The van der Waals surface area contributed by atoms with Gasteiger partial charge in [-0.3, -0.25) is 4.90 Å². The third kappa shape index (κ3) is 4.26. The number of nitrogens with zero attached hydrogens (tertiary/aromatic N) is 5. The van der Waals surface area contributed by atoms with Crippen molar-refractivity contribution in [1.82, 2.24) is 14.9 Å². The van der Waals surface area contributed by atoms with Crippen LogP contribution in [0.4, 0.5) is 24.0 Å². The number of nitrogen functional groups attached to an aromatic ring is 1. The molecule has 45 heavy (non-hydrogen) atoms. The molecule has 2 aromatic heterocycles. The van der Waals surface area contributed by atoms with Gasteiger partial charge in [-0.2, -0.15) is 15.2 Å². The summed E-state index contributed by atoms with van der Waals surface area (Å²) in [4.78, 5) is 13.3. The van der Waals surface area contributed by atoms with Crippen molar-refractivity contribution in [3.05, 3.63) is 34.4 Å². The summed E-state index contributed by atoms with van der Waals surface area (Å²) >= 11 is 7.86. The smallest absolute Gasteiger partial charge is 0.319 e. The zero-order chi connectivity index (χ0) is 31.2. The summed E-state index contributed by atoms with van der Waals surface area (Å²) in [6.45, 7) is 1.83. The largest absolute Gasteiger partial charge is 0.489 e. The molecule has 0 bridgehead atoms. The van der Waals surface area contributed by atoms with E-state index in [2.05, 4.69) is 9.88 Å². The van der Waals surface area contributed by atoms with Gasteiger partial charge in [-0.1, -0.05) is 17.7 Å². The van der Waals surface area contributed by atoms with Crippen molar-refractivity contribution in [1.29, 1.82) is 5.26 Å². The first-order valence-corrected chi connectivity index (χ1v) is 16.1. The van der Waals surface area contributed by atoms with Crippen molar-refractivity contribution < 1.29 is 27.8 Å². The molecular weight excluding hydrogens is 629 g/mol. The normalized spacial score (nSPS) is 26.0. The number of aliphatic hydroxyl groups is 1. The van der Waals surface area contributed by atoms with Crippen LogP contribution in [0.3, 0.4) is 0 Å². The number of anilines is 2. The summed E-state index contributed by atoms with van der Waals surface area (Å²) in [6.07, 6.45) is 1.57. The Balaban J connectivity index is 1.35. The maximum atomic E-state index is 17.0. The number of piperidine rings is 1. The average molecular weight is 657 g/mol. The van der Waals surface area contributed by atoms with E-state index in [1.165, 1.54) is 12.1 Å². The van der Waals surface area contributed by atoms with Gasteiger partial charge in [0.25, 0.3) is 0 Å². The van der Waals surface area contributed by atoms with Crippen molar-refractivity contribution >= 4 is 54.7 Å². The molecule has 2 aromatic carbocycles. The Hall–Kier alpha value is -3.57. The fourth-order valence-electron chi connectivity index (χ4n) is 7.71. The maximum absolute atomic E-state index is 17.0. The Bertz CT molecular complexity index is 1940. The molecule has 6 heterocycles. The number of nitriles is 1. The van der Waals surface area contributed by atoms with Gasteiger partial charge in [-0.25, -0.2) is 13.2 Å². The number of hydrogen-bond acceptors (Lipinski definition) is 10. The zero-order valence-corrected chi connectivity index (χ0v) is 25.5. The molecule has 4 aliphatic heterocycles. The fourth-order valence-corrected chi connectivity index (χ4v) is 8.99. The van der Waals surface area contributed by atoms with Gasteiger partial charge in [0.15, 0.2) is 11.6 Å². The van der Waals surface area contributed by atoms with E-state index in [9.17, 15) is 19.1 Å². The van der Waals surface area contributed by atoms with E-state index in [0.29, 0.717) is 38.2 Å². The number of ether oxygens (including phenoxy) is 2. The number of nitrogens with two attached hydrogens (primary N) is 1. The Kier molecular flexibility index (Phi) is 6.73. The molecule has 3 saturated heterocycles. The van der Waals surface area contributed by atoms with E-state index in [1.807, 2.05) is 11.0 Å². The maximum Gasteiger partial charge on any atom is 0.319 e. The van der Waals surface area contributed by atoms with Gasteiger partial charge in [0, 0.05) is 30.5 Å². The fraction of sp³-hybridized carbons (Fsp3) is 0.452. The Morgan fingerprint density at radius 2 is 2.09 bits per heavy atom. The first kappa shape index (κ1) is 28.9. The third-order valence-electron chi connectivity index (χ3n) is 9.79. The molecule has 8 rings (SSSR count). The molecule has 0 saturated carbocycles. The molecule has 14 heteroatoms. The number of hydrogen-bond donors (Lipinski definition) is 2. The lowest BCUT2D eigenvalue weighted by atomic mass is 9.95. The lowest BCUT2D eigenvalue weighted by molar-refractivity contribution is 0.0884.